The van der Waals surface area contributed by atoms with Crippen LogP contribution in [0.3, 0.4) is 0 Å². The normalized spacial score (nSPS) is 15.9. The summed E-state index contributed by atoms with van der Waals surface area (Å²) in [5, 5.41) is 0. The first-order valence-electron chi connectivity index (χ1n) is 6.21. The van der Waals surface area contributed by atoms with E-state index >= 15 is 0 Å². The van der Waals surface area contributed by atoms with Crippen LogP contribution in [0, 0.1) is 5.92 Å². The molecule has 1 heteroatoms. The summed E-state index contributed by atoms with van der Waals surface area (Å²) < 4.78 is 5.90. The molecule has 0 bridgehead atoms. The first kappa shape index (κ1) is 14.0. The van der Waals surface area contributed by atoms with Gasteiger partial charge in [0.1, 0.15) is 0 Å². The largest absolute Gasteiger partial charge is 0.376 e. The molecule has 2 atom stereocenters. The Morgan fingerprint density at radius 3 is 1.93 bits per heavy atom. The van der Waals surface area contributed by atoms with Gasteiger partial charge in [-0.1, -0.05) is 33.6 Å². The van der Waals surface area contributed by atoms with Crippen molar-refractivity contribution in [3.63, 3.8) is 0 Å². The molecule has 0 saturated heterocycles. The Labute approximate surface area is 90.2 Å². The second-order valence-electron chi connectivity index (χ2n) is 4.87. The van der Waals surface area contributed by atoms with Gasteiger partial charge in [0.15, 0.2) is 0 Å². The summed E-state index contributed by atoms with van der Waals surface area (Å²) >= 11 is 0. The van der Waals surface area contributed by atoms with Crippen LogP contribution >= 0.6 is 0 Å². The molecule has 0 aliphatic rings. The van der Waals surface area contributed by atoms with Gasteiger partial charge in [0.05, 0.1) is 12.2 Å². The predicted molar refractivity (Wildman–Crippen MR) is 63.6 cm³/mol. The standard InChI is InChI=1S/C13H28O/c1-6-7-8-12(4)14-13(5)10-9-11(2)3/h11-13H,6-10H2,1-5H3. The topological polar surface area (TPSA) is 9.23 Å². The maximum Gasteiger partial charge on any atom is 0.0550 e. The van der Waals surface area contributed by atoms with Gasteiger partial charge in [-0.3, -0.25) is 0 Å². The average Bonchev–Trinajstić information content (AvgIpc) is 2.11. The molecule has 86 valence electrons. The SMILES string of the molecule is CCCCC(C)OC(C)CCC(C)C. The van der Waals surface area contributed by atoms with Gasteiger partial charge >= 0.3 is 0 Å². The molecule has 0 aromatic heterocycles. The Balaban J connectivity index is 3.44. The Bertz CT molecular complexity index is 120. The molecule has 2 unspecified atom stereocenters. The van der Waals surface area contributed by atoms with Crippen LogP contribution in [0.2, 0.25) is 0 Å². The molecule has 0 rings (SSSR count). The third-order valence-corrected chi connectivity index (χ3v) is 2.58. The Morgan fingerprint density at radius 2 is 1.43 bits per heavy atom. The molecule has 0 spiro atoms. The Hall–Kier alpha value is -0.0400. The van der Waals surface area contributed by atoms with Crippen LogP contribution in [0.15, 0.2) is 0 Å². The molecule has 0 aromatic carbocycles. The van der Waals surface area contributed by atoms with E-state index in [1.807, 2.05) is 0 Å². The number of hydrogen-bond donors (Lipinski definition) is 0. The number of hydrogen-bond acceptors (Lipinski definition) is 1. The van der Waals surface area contributed by atoms with Crippen LogP contribution in [0.5, 0.6) is 0 Å². The van der Waals surface area contributed by atoms with E-state index in [1.54, 1.807) is 0 Å². The minimum absolute atomic E-state index is 0.434. The first-order valence-corrected chi connectivity index (χ1v) is 6.21. The lowest BCUT2D eigenvalue weighted by Crippen LogP contribution is -2.17. The third kappa shape index (κ3) is 8.55. The van der Waals surface area contributed by atoms with Gasteiger partial charge in [-0.15, -0.1) is 0 Å². The van der Waals surface area contributed by atoms with Crippen molar-refractivity contribution in [2.24, 2.45) is 5.92 Å². The summed E-state index contributed by atoms with van der Waals surface area (Å²) in [6.07, 6.45) is 7.13. The molecule has 0 aromatic rings. The Kier molecular flexibility index (Phi) is 8.26. The van der Waals surface area contributed by atoms with Gasteiger partial charge in [-0.2, -0.15) is 0 Å². The quantitative estimate of drug-likeness (QED) is 0.564. The number of rotatable bonds is 8. The van der Waals surface area contributed by atoms with E-state index in [0.29, 0.717) is 12.2 Å². The van der Waals surface area contributed by atoms with Crippen LogP contribution in [-0.2, 0) is 4.74 Å². The first-order chi connectivity index (χ1) is 6.56. The van der Waals surface area contributed by atoms with Crippen molar-refractivity contribution in [2.75, 3.05) is 0 Å². The van der Waals surface area contributed by atoms with E-state index in [1.165, 1.54) is 32.1 Å². The average molecular weight is 200 g/mol. The third-order valence-electron chi connectivity index (χ3n) is 2.58. The fraction of sp³-hybridized carbons (Fsp3) is 1.00. The van der Waals surface area contributed by atoms with E-state index in [9.17, 15) is 0 Å². The van der Waals surface area contributed by atoms with E-state index in [-0.39, 0.29) is 0 Å². The maximum absolute atomic E-state index is 5.90. The highest BCUT2D eigenvalue weighted by Gasteiger charge is 2.08. The van der Waals surface area contributed by atoms with Gasteiger partial charge in [0.2, 0.25) is 0 Å². The van der Waals surface area contributed by atoms with E-state index in [0.717, 1.165) is 5.92 Å². The summed E-state index contributed by atoms with van der Waals surface area (Å²) in [4.78, 5) is 0. The molecule has 1 nitrogen and oxygen atoms in total. The lowest BCUT2D eigenvalue weighted by atomic mass is 10.1. The van der Waals surface area contributed by atoms with Crippen molar-refractivity contribution < 1.29 is 4.74 Å². The summed E-state index contributed by atoms with van der Waals surface area (Å²) in [5.74, 6) is 0.798. The van der Waals surface area contributed by atoms with Crippen molar-refractivity contribution in [1.29, 1.82) is 0 Å². The predicted octanol–water partition coefficient (Wildman–Crippen LogP) is 4.41. The van der Waals surface area contributed by atoms with Crippen LogP contribution in [0.1, 0.15) is 66.7 Å². The smallest absolute Gasteiger partial charge is 0.0550 e. The van der Waals surface area contributed by atoms with Crippen molar-refractivity contribution >= 4 is 0 Å². The zero-order chi connectivity index (χ0) is 11.0. The van der Waals surface area contributed by atoms with Crippen LogP contribution in [0.4, 0.5) is 0 Å². The molecule has 0 amide bonds. The molecule has 0 saturated carbocycles. The summed E-state index contributed by atoms with van der Waals surface area (Å²) in [6.45, 7) is 11.2. The molecule has 0 radical (unpaired) electrons. The lowest BCUT2D eigenvalue weighted by Gasteiger charge is -2.19. The highest BCUT2D eigenvalue weighted by atomic mass is 16.5. The summed E-state index contributed by atoms with van der Waals surface area (Å²) in [5.41, 5.74) is 0. The van der Waals surface area contributed by atoms with Gasteiger partial charge in [-0.05, 0) is 39.0 Å². The fourth-order valence-electron chi connectivity index (χ4n) is 1.59. The van der Waals surface area contributed by atoms with Gasteiger partial charge in [0.25, 0.3) is 0 Å². The molecule has 0 fully saturated rings. The molecular formula is C13H28O. The minimum Gasteiger partial charge on any atom is -0.376 e. The second-order valence-corrected chi connectivity index (χ2v) is 4.87. The van der Waals surface area contributed by atoms with Crippen molar-refractivity contribution in [1.82, 2.24) is 0 Å². The monoisotopic (exact) mass is 200 g/mol. The van der Waals surface area contributed by atoms with Crippen LogP contribution < -0.4 is 0 Å². The molecular weight excluding hydrogens is 172 g/mol. The minimum atomic E-state index is 0.434. The summed E-state index contributed by atoms with van der Waals surface area (Å²) in [7, 11) is 0. The fourth-order valence-corrected chi connectivity index (χ4v) is 1.59. The number of ether oxygens (including phenoxy) is 1. The Morgan fingerprint density at radius 1 is 0.857 bits per heavy atom. The van der Waals surface area contributed by atoms with Crippen molar-refractivity contribution in [3.05, 3.63) is 0 Å². The summed E-state index contributed by atoms with van der Waals surface area (Å²) in [6, 6.07) is 0. The highest BCUT2D eigenvalue weighted by molar-refractivity contribution is 4.57. The maximum atomic E-state index is 5.90. The van der Waals surface area contributed by atoms with E-state index < -0.39 is 0 Å². The molecule has 0 aliphatic carbocycles. The van der Waals surface area contributed by atoms with Gasteiger partial charge < -0.3 is 4.74 Å². The van der Waals surface area contributed by atoms with Crippen molar-refractivity contribution in [2.45, 2.75) is 78.9 Å². The molecule has 0 heterocycles. The van der Waals surface area contributed by atoms with Crippen LogP contribution in [-0.4, -0.2) is 12.2 Å². The van der Waals surface area contributed by atoms with Gasteiger partial charge in [0, 0.05) is 0 Å². The molecule has 14 heavy (non-hydrogen) atoms. The second kappa shape index (κ2) is 8.28. The lowest BCUT2D eigenvalue weighted by molar-refractivity contribution is -0.00329. The highest BCUT2D eigenvalue weighted by Crippen LogP contribution is 2.13. The zero-order valence-corrected chi connectivity index (χ0v) is 10.7. The van der Waals surface area contributed by atoms with E-state index in [2.05, 4.69) is 34.6 Å². The molecule has 0 N–H and O–H groups in total. The van der Waals surface area contributed by atoms with Crippen molar-refractivity contribution in [3.8, 4) is 0 Å². The number of unbranched alkanes of at least 4 members (excludes halogenated alkanes) is 1. The van der Waals surface area contributed by atoms with E-state index in [4.69, 9.17) is 4.74 Å². The van der Waals surface area contributed by atoms with Crippen LogP contribution in [0.25, 0.3) is 0 Å². The molecule has 0 aliphatic heterocycles. The van der Waals surface area contributed by atoms with Gasteiger partial charge in [-0.25, -0.2) is 0 Å². The zero-order valence-electron chi connectivity index (χ0n) is 10.7.